The molecule has 0 spiro atoms. The number of nitrogens with one attached hydrogen (secondary N) is 1. The molecule has 3 N–H and O–H groups in total. The molecule has 1 saturated carbocycles. The number of benzene rings is 1. The highest BCUT2D eigenvalue weighted by molar-refractivity contribution is 7.89. The molecule has 0 unspecified atom stereocenters. The van der Waals surface area contributed by atoms with Gasteiger partial charge in [0.25, 0.3) is 5.91 Å². The van der Waals surface area contributed by atoms with Crippen molar-refractivity contribution < 1.29 is 26.4 Å². The van der Waals surface area contributed by atoms with E-state index in [1.54, 1.807) is 0 Å². The van der Waals surface area contributed by atoms with E-state index < -0.39 is 27.6 Å². The van der Waals surface area contributed by atoms with E-state index in [1.807, 2.05) is 5.32 Å². The maximum atomic E-state index is 12.8. The van der Waals surface area contributed by atoms with Gasteiger partial charge in [-0.15, -0.1) is 0 Å². The summed E-state index contributed by atoms with van der Waals surface area (Å²) in [5.41, 5.74) is -1.96. The Kier molecular flexibility index (Phi) is 3.53. The van der Waals surface area contributed by atoms with Gasteiger partial charge in [-0.2, -0.15) is 13.2 Å². The lowest BCUT2D eigenvalue weighted by atomic mass is 10.1. The first-order valence-corrected chi connectivity index (χ1v) is 7.53. The zero-order valence-corrected chi connectivity index (χ0v) is 11.8. The normalized spacial score (nSPS) is 17.4. The van der Waals surface area contributed by atoms with Crippen LogP contribution in [-0.4, -0.2) is 26.0 Å². The van der Waals surface area contributed by atoms with Crippen molar-refractivity contribution >= 4 is 15.9 Å². The molecular formula is C12H13F3N2O3S. The summed E-state index contributed by atoms with van der Waals surface area (Å²) in [6, 6.07) is 3.50. The van der Waals surface area contributed by atoms with Crippen LogP contribution in [0.15, 0.2) is 23.1 Å². The molecule has 1 aromatic rings. The van der Waals surface area contributed by atoms with Gasteiger partial charge in [-0.05, 0) is 43.5 Å². The standard InChI is InChI=1S/C12H13F3N2O3S/c1-7-4-8(6-9(5-7)21(16,19)20)10(18)17-11(2-3-11)12(13,14)15/h4-6H,2-3H2,1H3,(H,17,18)(H2,16,19,20). The Hall–Kier alpha value is -1.61. The van der Waals surface area contributed by atoms with Gasteiger partial charge in [0.15, 0.2) is 0 Å². The van der Waals surface area contributed by atoms with Crippen molar-refractivity contribution in [3.05, 3.63) is 29.3 Å². The van der Waals surface area contributed by atoms with E-state index in [2.05, 4.69) is 0 Å². The summed E-state index contributed by atoms with van der Waals surface area (Å²) in [5, 5.41) is 6.89. The molecule has 1 aromatic carbocycles. The summed E-state index contributed by atoms with van der Waals surface area (Å²) >= 11 is 0. The van der Waals surface area contributed by atoms with Gasteiger partial charge in [-0.1, -0.05) is 0 Å². The maximum absolute atomic E-state index is 12.8. The second-order valence-electron chi connectivity index (χ2n) is 5.11. The van der Waals surface area contributed by atoms with Gasteiger partial charge in [0.05, 0.1) is 4.90 Å². The summed E-state index contributed by atoms with van der Waals surface area (Å²) < 4.78 is 60.9. The molecule has 1 fully saturated rings. The van der Waals surface area contributed by atoms with Crippen molar-refractivity contribution in [3.8, 4) is 0 Å². The third-order valence-electron chi connectivity index (χ3n) is 3.29. The van der Waals surface area contributed by atoms with Crippen LogP contribution in [-0.2, 0) is 10.0 Å². The van der Waals surface area contributed by atoms with Crippen LogP contribution >= 0.6 is 0 Å². The molecule has 21 heavy (non-hydrogen) atoms. The van der Waals surface area contributed by atoms with Crippen LogP contribution in [0.1, 0.15) is 28.8 Å². The molecule has 1 aliphatic rings. The van der Waals surface area contributed by atoms with Gasteiger partial charge in [-0.3, -0.25) is 4.79 Å². The molecule has 9 heteroatoms. The first-order chi connectivity index (χ1) is 9.45. The van der Waals surface area contributed by atoms with Crippen LogP contribution in [0.3, 0.4) is 0 Å². The lowest BCUT2D eigenvalue weighted by molar-refractivity contribution is -0.163. The van der Waals surface area contributed by atoms with E-state index in [4.69, 9.17) is 5.14 Å². The predicted molar refractivity (Wildman–Crippen MR) is 68.0 cm³/mol. The number of primary sulfonamides is 1. The number of alkyl halides is 3. The van der Waals surface area contributed by atoms with Gasteiger partial charge in [0.2, 0.25) is 10.0 Å². The van der Waals surface area contributed by atoms with Crippen molar-refractivity contribution in [2.45, 2.75) is 36.4 Å². The molecule has 2 rings (SSSR count). The Morgan fingerprint density at radius 2 is 1.86 bits per heavy atom. The maximum Gasteiger partial charge on any atom is 0.411 e. The van der Waals surface area contributed by atoms with Gasteiger partial charge in [0, 0.05) is 5.56 Å². The zero-order valence-electron chi connectivity index (χ0n) is 11.0. The Balaban J connectivity index is 2.31. The topological polar surface area (TPSA) is 89.3 Å². The fraction of sp³-hybridized carbons (Fsp3) is 0.417. The number of nitrogens with two attached hydrogens (primary N) is 1. The SMILES string of the molecule is Cc1cc(C(=O)NC2(C(F)(F)F)CC2)cc(S(N)(=O)=O)c1. The molecule has 0 radical (unpaired) electrons. The van der Waals surface area contributed by atoms with Crippen molar-refractivity contribution in [2.75, 3.05) is 0 Å². The molecule has 1 aliphatic carbocycles. The second kappa shape index (κ2) is 4.70. The fourth-order valence-corrected chi connectivity index (χ4v) is 2.58. The minimum Gasteiger partial charge on any atom is -0.338 e. The smallest absolute Gasteiger partial charge is 0.338 e. The van der Waals surface area contributed by atoms with Gasteiger partial charge in [-0.25, -0.2) is 13.6 Å². The quantitative estimate of drug-likeness (QED) is 0.883. The summed E-state index contributed by atoms with van der Waals surface area (Å²) in [4.78, 5) is 11.6. The first kappa shape index (κ1) is 15.8. The highest BCUT2D eigenvalue weighted by Crippen LogP contribution is 2.49. The molecule has 116 valence electrons. The number of amides is 1. The minimum absolute atomic E-state index is 0.172. The molecule has 0 aromatic heterocycles. The Morgan fingerprint density at radius 1 is 1.29 bits per heavy atom. The van der Waals surface area contributed by atoms with E-state index in [9.17, 15) is 26.4 Å². The van der Waals surface area contributed by atoms with Crippen LogP contribution in [0.5, 0.6) is 0 Å². The molecule has 0 heterocycles. The lowest BCUT2D eigenvalue weighted by Crippen LogP contribution is -2.47. The number of rotatable bonds is 3. The number of carbonyl (C=O) groups is 1. The predicted octanol–water partition coefficient (Wildman–Crippen LogP) is 1.47. The van der Waals surface area contributed by atoms with Crippen LogP contribution in [0.2, 0.25) is 0 Å². The molecular weight excluding hydrogens is 309 g/mol. The lowest BCUT2D eigenvalue weighted by Gasteiger charge is -2.20. The highest BCUT2D eigenvalue weighted by Gasteiger charge is 2.64. The largest absolute Gasteiger partial charge is 0.411 e. The Bertz CT molecular complexity index is 694. The zero-order chi connectivity index (χ0) is 16.1. The van der Waals surface area contributed by atoms with Crippen molar-refractivity contribution in [3.63, 3.8) is 0 Å². The van der Waals surface area contributed by atoms with Crippen molar-refractivity contribution in [1.82, 2.24) is 5.32 Å². The van der Waals surface area contributed by atoms with E-state index in [0.717, 1.165) is 6.07 Å². The third kappa shape index (κ3) is 3.18. The third-order valence-corrected chi connectivity index (χ3v) is 4.18. The summed E-state index contributed by atoms with van der Waals surface area (Å²) in [6.45, 7) is 1.52. The molecule has 0 atom stereocenters. The van der Waals surface area contributed by atoms with Crippen LogP contribution in [0.25, 0.3) is 0 Å². The summed E-state index contributed by atoms with van der Waals surface area (Å²) in [7, 11) is -4.04. The van der Waals surface area contributed by atoms with Gasteiger partial charge >= 0.3 is 6.18 Å². The van der Waals surface area contributed by atoms with E-state index in [0.29, 0.717) is 5.56 Å². The number of hydrogen-bond donors (Lipinski definition) is 2. The van der Waals surface area contributed by atoms with E-state index >= 15 is 0 Å². The van der Waals surface area contributed by atoms with Crippen molar-refractivity contribution in [1.29, 1.82) is 0 Å². The average molecular weight is 322 g/mol. The number of sulfonamides is 1. The van der Waals surface area contributed by atoms with Crippen molar-refractivity contribution in [2.24, 2.45) is 5.14 Å². The summed E-state index contributed by atoms with van der Waals surface area (Å²) in [5.74, 6) is -0.974. The van der Waals surface area contributed by atoms with E-state index in [1.165, 1.54) is 19.1 Å². The Labute approximate surface area is 119 Å². The monoisotopic (exact) mass is 322 g/mol. The van der Waals surface area contributed by atoms with E-state index in [-0.39, 0.29) is 23.3 Å². The first-order valence-electron chi connectivity index (χ1n) is 5.98. The van der Waals surface area contributed by atoms with Crippen LogP contribution in [0, 0.1) is 6.92 Å². The highest BCUT2D eigenvalue weighted by atomic mass is 32.2. The molecule has 1 amide bonds. The van der Waals surface area contributed by atoms with Gasteiger partial charge in [0.1, 0.15) is 5.54 Å². The minimum atomic E-state index is -4.53. The number of hydrogen-bond acceptors (Lipinski definition) is 3. The Morgan fingerprint density at radius 3 is 2.29 bits per heavy atom. The second-order valence-corrected chi connectivity index (χ2v) is 6.68. The number of carbonyl (C=O) groups excluding carboxylic acids is 1. The van der Waals surface area contributed by atoms with Gasteiger partial charge < -0.3 is 5.32 Å². The van der Waals surface area contributed by atoms with Crippen LogP contribution < -0.4 is 10.5 Å². The van der Waals surface area contributed by atoms with Crippen LogP contribution in [0.4, 0.5) is 13.2 Å². The molecule has 0 saturated heterocycles. The number of halogens is 3. The average Bonchev–Trinajstić information content (AvgIpc) is 3.07. The molecule has 0 bridgehead atoms. The number of aryl methyl sites for hydroxylation is 1. The molecule has 0 aliphatic heterocycles. The summed E-state index contributed by atoms with van der Waals surface area (Å²) in [6.07, 6.45) is -4.90. The molecule has 5 nitrogen and oxygen atoms in total. The fourth-order valence-electron chi connectivity index (χ4n) is 1.94.